The Morgan fingerprint density at radius 1 is 1.00 bits per heavy atom. The van der Waals surface area contributed by atoms with E-state index in [1.165, 1.54) is 13.2 Å². The molecule has 0 aliphatic carbocycles. The highest BCUT2D eigenvalue weighted by molar-refractivity contribution is 5.90. The van der Waals surface area contributed by atoms with Crippen molar-refractivity contribution in [2.24, 2.45) is 0 Å². The first kappa shape index (κ1) is 24.0. The van der Waals surface area contributed by atoms with Crippen LogP contribution in [0.3, 0.4) is 0 Å². The number of hydrogen-bond donors (Lipinski definition) is 1. The van der Waals surface area contributed by atoms with Crippen molar-refractivity contribution < 1.29 is 32.6 Å². The van der Waals surface area contributed by atoms with E-state index in [2.05, 4.69) is 5.32 Å². The van der Waals surface area contributed by atoms with Crippen molar-refractivity contribution in [2.75, 3.05) is 7.11 Å². The summed E-state index contributed by atoms with van der Waals surface area (Å²) in [6.45, 7) is 5.28. The number of nitrogens with one attached hydrogen (secondary N) is 1. The molecule has 0 saturated heterocycles. The molecule has 0 aromatic heterocycles. The van der Waals surface area contributed by atoms with Crippen LogP contribution in [0.4, 0.5) is 8.78 Å². The summed E-state index contributed by atoms with van der Waals surface area (Å²) in [6.07, 6.45) is -0.504. The van der Waals surface area contributed by atoms with Crippen LogP contribution in [0.15, 0.2) is 42.5 Å². The number of amides is 1. The van der Waals surface area contributed by atoms with Crippen molar-refractivity contribution in [1.29, 1.82) is 0 Å². The van der Waals surface area contributed by atoms with E-state index in [0.717, 1.165) is 12.1 Å². The van der Waals surface area contributed by atoms with Crippen LogP contribution in [-0.2, 0) is 31.9 Å². The number of esters is 2. The number of rotatable bonds is 7. The van der Waals surface area contributed by atoms with Gasteiger partial charge in [-0.2, -0.15) is 0 Å². The van der Waals surface area contributed by atoms with Crippen molar-refractivity contribution in [1.82, 2.24) is 5.32 Å². The lowest BCUT2D eigenvalue weighted by atomic mass is 10.0. The van der Waals surface area contributed by atoms with Gasteiger partial charge in [-0.25, -0.2) is 18.4 Å². The van der Waals surface area contributed by atoms with Gasteiger partial charge < -0.3 is 14.8 Å². The second kappa shape index (κ2) is 10.1. The molecular weight excluding hydrogens is 408 g/mol. The molecule has 6 nitrogen and oxygen atoms in total. The molecule has 0 fully saturated rings. The molecule has 0 aliphatic heterocycles. The van der Waals surface area contributed by atoms with Crippen molar-refractivity contribution in [3.05, 3.63) is 70.8 Å². The normalized spacial score (nSPS) is 12.1. The Morgan fingerprint density at radius 2 is 1.58 bits per heavy atom. The second-order valence-electron chi connectivity index (χ2n) is 7.92. The van der Waals surface area contributed by atoms with Crippen molar-refractivity contribution in [2.45, 2.75) is 45.3 Å². The first-order valence-corrected chi connectivity index (χ1v) is 9.62. The molecule has 0 spiro atoms. The Kier molecular flexibility index (Phi) is 7.85. The molecule has 2 aromatic carbocycles. The number of benzene rings is 2. The summed E-state index contributed by atoms with van der Waals surface area (Å²) < 4.78 is 37.6. The van der Waals surface area contributed by atoms with E-state index in [1.54, 1.807) is 45.0 Å². The summed E-state index contributed by atoms with van der Waals surface area (Å²) in [6, 6.07) is 8.58. The molecule has 0 unspecified atom stereocenters. The lowest BCUT2D eigenvalue weighted by Crippen LogP contribution is -2.43. The zero-order valence-corrected chi connectivity index (χ0v) is 17.8. The van der Waals surface area contributed by atoms with Gasteiger partial charge in [0.05, 0.1) is 19.1 Å². The van der Waals surface area contributed by atoms with Gasteiger partial charge in [0.25, 0.3) is 0 Å². The molecule has 0 heterocycles. The Bertz CT molecular complexity index is 931. The molecule has 8 heteroatoms. The maximum Gasteiger partial charge on any atom is 0.338 e. The number of hydrogen-bond acceptors (Lipinski definition) is 5. The van der Waals surface area contributed by atoms with E-state index < -0.39 is 47.5 Å². The fourth-order valence-corrected chi connectivity index (χ4v) is 2.79. The van der Waals surface area contributed by atoms with Gasteiger partial charge in [-0.3, -0.25) is 4.79 Å². The summed E-state index contributed by atoms with van der Waals surface area (Å²) >= 11 is 0. The summed E-state index contributed by atoms with van der Waals surface area (Å²) in [4.78, 5) is 36.5. The summed E-state index contributed by atoms with van der Waals surface area (Å²) in [5.41, 5.74) is -0.0361. The van der Waals surface area contributed by atoms with Crippen LogP contribution in [0.5, 0.6) is 0 Å². The van der Waals surface area contributed by atoms with Gasteiger partial charge >= 0.3 is 11.9 Å². The Hall–Kier alpha value is -3.29. The van der Waals surface area contributed by atoms with Crippen molar-refractivity contribution in [3.8, 4) is 0 Å². The lowest BCUT2D eigenvalue weighted by molar-refractivity contribution is -0.145. The quantitative estimate of drug-likeness (QED) is 0.678. The van der Waals surface area contributed by atoms with E-state index in [1.807, 2.05) is 0 Å². The number of ether oxygens (including phenoxy) is 2. The molecular formula is C23H25F2NO5. The van der Waals surface area contributed by atoms with E-state index in [9.17, 15) is 23.2 Å². The van der Waals surface area contributed by atoms with Gasteiger partial charge in [0.1, 0.15) is 23.3 Å². The predicted octanol–water partition coefficient (Wildman–Crippen LogP) is 3.36. The predicted molar refractivity (Wildman–Crippen MR) is 109 cm³/mol. The highest BCUT2D eigenvalue weighted by atomic mass is 19.1. The van der Waals surface area contributed by atoms with Crippen LogP contribution in [0.25, 0.3) is 0 Å². The molecule has 1 atom stereocenters. The minimum atomic E-state index is -1.07. The molecule has 166 valence electrons. The number of halogens is 2. The maximum absolute atomic E-state index is 13.8. The van der Waals surface area contributed by atoms with Crippen LogP contribution >= 0.6 is 0 Å². The Morgan fingerprint density at radius 3 is 2.10 bits per heavy atom. The van der Waals surface area contributed by atoms with E-state index in [-0.39, 0.29) is 12.0 Å². The molecule has 0 aliphatic rings. The second-order valence-corrected chi connectivity index (χ2v) is 7.92. The van der Waals surface area contributed by atoms with Crippen LogP contribution in [-0.4, -0.2) is 36.6 Å². The Balaban J connectivity index is 2.08. The highest BCUT2D eigenvalue weighted by Crippen LogP contribution is 2.15. The molecule has 31 heavy (non-hydrogen) atoms. The summed E-state index contributed by atoms with van der Waals surface area (Å²) in [7, 11) is 1.17. The number of carbonyl (C=O) groups excluding carboxylic acids is 3. The fraction of sp³-hybridized carbons (Fsp3) is 0.348. The van der Waals surface area contributed by atoms with Gasteiger partial charge in [0.15, 0.2) is 0 Å². The Labute approximate surface area is 179 Å². The standard InChI is InChI=1S/C23H25F2NO5/c1-23(2,3)31-21(28)15-10-8-14(9-11-15)12-19(22(29)30-4)26-20(27)13-16-17(24)6-5-7-18(16)25/h5-11,19H,12-13H2,1-4H3,(H,26,27)/t19-/m1/s1. The van der Waals surface area contributed by atoms with Crippen LogP contribution in [0.1, 0.15) is 42.3 Å². The topological polar surface area (TPSA) is 81.7 Å². The molecule has 2 aromatic rings. The van der Waals surface area contributed by atoms with Crippen LogP contribution < -0.4 is 5.32 Å². The average Bonchev–Trinajstić information content (AvgIpc) is 2.69. The van der Waals surface area contributed by atoms with Gasteiger partial charge in [-0.15, -0.1) is 0 Å². The third-order valence-electron chi connectivity index (χ3n) is 4.25. The van der Waals surface area contributed by atoms with Crippen molar-refractivity contribution in [3.63, 3.8) is 0 Å². The molecule has 0 radical (unpaired) electrons. The maximum atomic E-state index is 13.8. The summed E-state index contributed by atoms with van der Waals surface area (Å²) in [5, 5.41) is 2.45. The SMILES string of the molecule is COC(=O)[C@@H](Cc1ccc(C(=O)OC(C)(C)C)cc1)NC(=O)Cc1c(F)cccc1F. The average molecular weight is 433 g/mol. The zero-order valence-electron chi connectivity index (χ0n) is 17.8. The molecule has 1 N–H and O–H groups in total. The fourth-order valence-electron chi connectivity index (χ4n) is 2.79. The van der Waals surface area contributed by atoms with E-state index in [4.69, 9.17) is 9.47 Å². The third-order valence-corrected chi connectivity index (χ3v) is 4.25. The minimum absolute atomic E-state index is 0.0623. The van der Waals surface area contributed by atoms with Gasteiger partial charge in [0.2, 0.25) is 5.91 Å². The molecule has 0 saturated carbocycles. The van der Waals surface area contributed by atoms with Crippen molar-refractivity contribution >= 4 is 17.8 Å². The lowest BCUT2D eigenvalue weighted by Gasteiger charge is -2.20. The van der Waals surface area contributed by atoms with E-state index in [0.29, 0.717) is 11.1 Å². The monoisotopic (exact) mass is 433 g/mol. The van der Waals surface area contributed by atoms with Gasteiger partial charge in [0, 0.05) is 12.0 Å². The highest BCUT2D eigenvalue weighted by Gasteiger charge is 2.24. The first-order chi connectivity index (χ1) is 14.5. The molecule has 2 rings (SSSR count). The van der Waals surface area contributed by atoms with Gasteiger partial charge in [-0.1, -0.05) is 18.2 Å². The number of carbonyl (C=O) groups is 3. The van der Waals surface area contributed by atoms with Gasteiger partial charge in [-0.05, 0) is 50.6 Å². The molecule has 0 bridgehead atoms. The molecule has 1 amide bonds. The zero-order chi connectivity index (χ0) is 23.2. The van der Waals surface area contributed by atoms with E-state index >= 15 is 0 Å². The summed E-state index contributed by atoms with van der Waals surface area (Å²) in [5.74, 6) is -3.61. The number of methoxy groups -OCH3 is 1. The first-order valence-electron chi connectivity index (χ1n) is 9.62. The third kappa shape index (κ3) is 7.16. The van der Waals surface area contributed by atoms with Crippen LogP contribution in [0.2, 0.25) is 0 Å². The van der Waals surface area contributed by atoms with Crippen LogP contribution in [0, 0.1) is 11.6 Å². The minimum Gasteiger partial charge on any atom is -0.467 e. The largest absolute Gasteiger partial charge is 0.467 e. The smallest absolute Gasteiger partial charge is 0.338 e.